The molecule has 0 aromatic rings. The minimum absolute atomic E-state index is 0.0305. The molecule has 2 nitrogen and oxygen atoms in total. The number of hydrogen-bond acceptors (Lipinski definition) is 3. The summed E-state index contributed by atoms with van der Waals surface area (Å²) >= 11 is 4.67. The molecule has 0 aromatic heterocycles. The monoisotopic (exact) mass is 269 g/mol. The van der Waals surface area contributed by atoms with Gasteiger partial charge in [0.15, 0.2) is 0 Å². The van der Waals surface area contributed by atoms with Crippen molar-refractivity contribution in [3.8, 4) is 0 Å². The van der Waals surface area contributed by atoms with Gasteiger partial charge in [0.25, 0.3) is 0 Å². The third-order valence-electron chi connectivity index (χ3n) is 5.63. The molecular formula is C15H27NOS. The Morgan fingerprint density at radius 1 is 1.06 bits per heavy atom. The number of rotatable bonds is 3. The SMILES string of the molecule is OC1CC2CCC(C1)N2CC1(CS)CCCCC1. The lowest BCUT2D eigenvalue weighted by molar-refractivity contribution is 0.00609. The number of aliphatic hydroxyl groups excluding tert-OH is 1. The van der Waals surface area contributed by atoms with Crippen molar-refractivity contribution in [2.45, 2.75) is 76.0 Å². The lowest BCUT2D eigenvalue weighted by Gasteiger charge is -2.45. The van der Waals surface area contributed by atoms with E-state index >= 15 is 0 Å². The maximum atomic E-state index is 9.89. The zero-order valence-electron chi connectivity index (χ0n) is 11.4. The Morgan fingerprint density at radius 2 is 1.67 bits per heavy atom. The van der Waals surface area contributed by atoms with E-state index in [0.29, 0.717) is 17.5 Å². The van der Waals surface area contributed by atoms with Gasteiger partial charge in [-0.1, -0.05) is 19.3 Å². The summed E-state index contributed by atoms with van der Waals surface area (Å²) in [5, 5.41) is 9.89. The molecule has 1 aliphatic carbocycles. The first-order valence-corrected chi connectivity index (χ1v) is 8.40. The van der Waals surface area contributed by atoms with Gasteiger partial charge in [0.1, 0.15) is 0 Å². The lowest BCUT2D eigenvalue weighted by Crippen LogP contribution is -2.50. The van der Waals surface area contributed by atoms with Crippen LogP contribution in [0.2, 0.25) is 0 Å². The van der Waals surface area contributed by atoms with Gasteiger partial charge < -0.3 is 5.11 Å². The molecule has 3 rings (SSSR count). The van der Waals surface area contributed by atoms with Crippen molar-refractivity contribution in [1.29, 1.82) is 0 Å². The van der Waals surface area contributed by atoms with E-state index in [9.17, 15) is 5.11 Å². The Bertz CT molecular complexity index is 276. The predicted molar refractivity (Wildman–Crippen MR) is 78.1 cm³/mol. The second kappa shape index (κ2) is 5.34. The average Bonchev–Trinajstić information content (AvgIpc) is 2.62. The molecule has 0 radical (unpaired) electrons. The molecule has 3 heteroatoms. The van der Waals surface area contributed by atoms with Gasteiger partial charge in [0.05, 0.1) is 6.10 Å². The average molecular weight is 269 g/mol. The molecule has 2 aliphatic heterocycles. The minimum atomic E-state index is -0.0305. The second-order valence-corrected chi connectivity index (χ2v) is 7.22. The molecule has 2 atom stereocenters. The first-order chi connectivity index (χ1) is 8.72. The summed E-state index contributed by atoms with van der Waals surface area (Å²) in [6.07, 6.45) is 11.6. The third-order valence-corrected chi connectivity index (χ3v) is 6.30. The summed E-state index contributed by atoms with van der Waals surface area (Å²) in [5.41, 5.74) is 0.477. The maximum absolute atomic E-state index is 9.89. The van der Waals surface area contributed by atoms with Gasteiger partial charge in [-0.15, -0.1) is 0 Å². The van der Waals surface area contributed by atoms with Gasteiger partial charge in [-0.25, -0.2) is 0 Å². The van der Waals surface area contributed by atoms with Crippen LogP contribution in [0.4, 0.5) is 0 Å². The molecule has 2 unspecified atom stereocenters. The molecule has 1 saturated carbocycles. The molecule has 0 aromatic carbocycles. The zero-order valence-corrected chi connectivity index (χ0v) is 12.2. The van der Waals surface area contributed by atoms with E-state index in [1.165, 1.54) is 51.5 Å². The van der Waals surface area contributed by atoms with Crippen molar-refractivity contribution in [3.63, 3.8) is 0 Å². The Morgan fingerprint density at radius 3 is 2.22 bits per heavy atom. The molecule has 3 aliphatic rings. The van der Waals surface area contributed by atoms with Crippen molar-refractivity contribution >= 4 is 12.6 Å². The second-order valence-electron chi connectivity index (χ2n) is 6.90. The van der Waals surface area contributed by atoms with E-state index in [2.05, 4.69) is 17.5 Å². The molecule has 2 bridgehead atoms. The van der Waals surface area contributed by atoms with Crippen LogP contribution in [-0.4, -0.2) is 40.5 Å². The smallest absolute Gasteiger partial charge is 0.0570 e. The molecule has 0 spiro atoms. The summed E-state index contributed by atoms with van der Waals surface area (Å²) in [6, 6.07) is 1.33. The fourth-order valence-corrected chi connectivity index (χ4v) is 4.98. The van der Waals surface area contributed by atoms with Crippen LogP contribution < -0.4 is 0 Å². The number of fused-ring (bicyclic) bond motifs is 2. The summed E-state index contributed by atoms with van der Waals surface area (Å²) in [5.74, 6) is 1.05. The molecule has 104 valence electrons. The lowest BCUT2D eigenvalue weighted by atomic mass is 9.74. The normalized spacial score (nSPS) is 40.0. The maximum Gasteiger partial charge on any atom is 0.0570 e. The van der Waals surface area contributed by atoms with Gasteiger partial charge in [-0.05, 0) is 49.7 Å². The van der Waals surface area contributed by atoms with Gasteiger partial charge in [-0.3, -0.25) is 4.90 Å². The summed E-state index contributed by atoms with van der Waals surface area (Å²) in [7, 11) is 0. The van der Waals surface area contributed by atoms with Crippen molar-refractivity contribution in [2.24, 2.45) is 5.41 Å². The van der Waals surface area contributed by atoms with Crippen LogP contribution in [0.25, 0.3) is 0 Å². The number of piperidine rings is 1. The first-order valence-electron chi connectivity index (χ1n) is 7.77. The Balaban J connectivity index is 1.68. The van der Waals surface area contributed by atoms with Crippen LogP contribution in [-0.2, 0) is 0 Å². The highest BCUT2D eigenvalue weighted by atomic mass is 32.1. The van der Waals surface area contributed by atoms with E-state index in [1.807, 2.05) is 0 Å². The van der Waals surface area contributed by atoms with Crippen molar-refractivity contribution in [1.82, 2.24) is 4.90 Å². The quantitative estimate of drug-likeness (QED) is 0.770. The van der Waals surface area contributed by atoms with Gasteiger partial charge in [0, 0.05) is 18.6 Å². The Kier molecular flexibility index (Phi) is 3.93. The molecular weight excluding hydrogens is 242 g/mol. The van der Waals surface area contributed by atoms with Gasteiger partial charge in [-0.2, -0.15) is 12.6 Å². The van der Waals surface area contributed by atoms with Crippen molar-refractivity contribution in [3.05, 3.63) is 0 Å². The number of thiol groups is 1. The van der Waals surface area contributed by atoms with Crippen LogP contribution in [0.5, 0.6) is 0 Å². The van der Waals surface area contributed by atoms with Crippen LogP contribution >= 0.6 is 12.6 Å². The van der Waals surface area contributed by atoms with Gasteiger partial charge >= 0.3 is 0 Å². The number of hydrogen-bond donors (Lipinski definition) is 2. The number of aliphatic hydroxyl groups is 1. The summed E-state index contributed by atoms with van der Waals surface area (Å²) in [6.45, 7) is 1.25. The highest BCUT2D eigenvalue weighted by molar-refractivity contribution is 7.80. The standard InChI is InChI=1S/C15H27NOS/c17-14-8-12-4-5-13(9-14)16(12)10-15(11-18)6-2-1-3-7-15/h12-14,17-18H,1-11H2. The summed E-state index contributed by atoms with van der Waals surface area (Å²) < 4.78 is 0. The fraction of sp³-hybridized carbons (Fsp3) is 1.00. The number of nitrogens with zero attached hydrogens (tertiary/aromatic N) is 1. The third kappa shape index (κ3) is 2.46. The summed E-state index contributed by atoms with van der Waals surface area (Å²) in [4.78, 5) is 2.74. The van der Waals surface area contributed by atoms with E-state index in [1.54, 1.807) is 0 Å². The van der Waals surface area contributed by atoms with E-state index in [4.69, 9.17) is 0 Å². The molecule has 2 saturated heterocycles. The minimum Gasteiger partial charge on any atom is -0.393 e. The predicted octanol–water partition coefficient (Wildman–Crippen LogP) is 2.85. The van der Waals surface area contributed by atoms with Gasteiger partial charge in [0.2, 0.25) is 0 Å². The Labute approximate surface area is 117 Å². The molecule has 1 N–H and O–H groups in total. The van der Waals surface area contributed by atoms with Crippen molar-refractivity contribution < 1.29 is 5.11 Å². The van der Waals surface area contributed by atoms with E-state index in [0.717, 1.165) is 18.6 Å². The molecule has 18 heavy (non-hydrogen) atoms. The molecule has 0 amide bonds. The van der Waals surface area contributed by atoms with Crippen LogP contribution in [0.15, 0.2) is 0 Å². The van der Waals surface area contributed by atoms with Crippen LogP contribution in [0.3, 0.4) is 0 Å². The molecule has 3 fully saturated rings. The highest BCUT2D eigenvalue weighted by Crippen LogP contribution is 2.43. The fourth-order valence-electron chi connectivity index (χ4n) is 4.56. The first kappa shape index (κ1) is 13.3. The Hall–Kier alpha value is 0.270. The van der Waals surface area contributed by atoms with Crippen LogP contribution in [0, 0.1) is 5.41 Å². The molecule has 2 heterocycles. The topological polar surface area (TPSA) is 23.5 Å². The zero-order chi connectivity index (χ0) is 12.6. The largest absolute Gasteiger partial charge is 0.393 e. The van der Waals surface area contributed by atoms with Crippen molar-refractivity contribution in [2.75, 3.05) is 12.3 Å². The highest BCUT2D eigenvalue weighted by Gasteiger charge is 2.44. The van der Waals surface area contributed by atoms with E-state index < -0.39 is 0 Å². The van der Waals surface area contributed by atoms with Crippen LogP contribution in [0.1, 0.15) is 57.8 Å². The van der Waals surface area contributed by atoms with E-state index in [-0.39, 0.29) is 6.10 Å².